The minimum Gasteiger partial charge on any atom is -0.497 e. The third-order valence-electron chi connectivity index (χ3n) is 3.51. The fraction of sp³-hybridized carbons (Fsp3) is 0.444. The van der Waals surface area contributed by atoms with Gasteiger partial charge in [-0.3, -0.25) is 9.89 Å². The molecule has 0 aliphatic carbocycles. The van der Waals surface area contributed by atoms with Gasteiger partial charge in [-0.1, -0.05) is 27.7 Å². The van der Waals surface area contributed by atoms with Gasteiger partial charge < -0.3 is 10.1 Å². The van der Waals surface area contributed by atoms with Gasteiger partial charge in [0.05, 0.1) is 18.5 Å². The second-order valence-electron chi connectivity index (χ2n) is 6.79. The highest BCUT2D eigenvalue weighted by Gasteiger charge is 2.20. The van der Waals surface area contributed by atoms with Crippen molar-refractivity contribution in [2.45, 2.75) is 40.5 Å². The number of hydrogen-bond donors (Lipinski definition) is 2. The fourth-order valence-corrected chi connectivity index (χ4v) is 2.39. The molecule has 0 saturated carbocycles. The molecule has 0 bridgehead atoms. The quantitative estimate of drug-likeness (QED) is 0.875. The lowest BCUT2D eigenvalue weighted by atomic mass is 9.92. The number of carbonyl (C=O) groups excluding carboxylic acids is 1. The first kappa shape index (κ1) is 17.1. The van der Waals surface area contributed by atoms with Gasteiger partial charge in [0.2, 0.25) is 5.91 Å². The summed E-state index contributed by atoms with van der Waals surface area (Å²) < 4.78 is 5.18. The second-order valence-corrected chi connectivity index (χ2v) is 6.79. The van der Waals surface area contributed by atoms with Crippen LogP contribution in [-0.4, -0.2) is 23.2 Å². The maximum absolute atomic E-state index is 12.3. The van der Waals surface area contributed by atoms with Crippen LogP contribution in [-0.2, 0) is 11.2 Å². The largest absolute Gasteiger partial charge is 0.497 e. The molecule has 2 N–H and O–H groups in total. The molecule has 0 radical (unpaired) electrons. The smallest absolute Gasteiger partial charge is 0.225 e. The summed E-state index contributed by atoms with van der Waals surface area (Å²) in [7, 11) is 1.64. The van der Waals surface area contributed by atoms with Gasteiger partial charge in [-0.05, 0) is 36.1 Å². The van der Waals surface area contributed by atoms with E-state index in [1.807, 2.05) is 52.0 Å². The van der Waals surface area contributed by atoms with Crippen molar-refractivity contribution in [2.75, 3.05) is 12.4 Å². The maximum Gasteiger partial charge on any atom is 0.225 e. The van der Waals surface area contributed by atoms with Crippen molar-refractivity contribution >= 4 is 11.6 Å². The van der Waals surface area contributed by atoms with Crippen molar-refractivity contribution < 1.29 is 9.53 Å². The van der Waals surface area contributed by atoms with E-state index in [2.05, 4.69) is 15.5 Å². The number of nitrogens with one attached hydrogen (secondary N) is 2. The van der Waals surface area contributed by atoms with E-state index in [9.17, 15) is 4.79 Å². The van der Waals surface area contributed by atoms with E-state index in [0.717, 1.165) is 34.8 Å². The molecular formula is C18H25N3O2. The van der Waals surface area contributed by atoms with E-state index in [1.54, 1.807) is 7.11 Å². The number of benzene rings is 1. The van der Waals surface area contributed by atoms with E-state index in [4.69, 9.17) is 4.74 Å². The van der Waals surface area contributed by atoms with Crippen LogP contribution in [0.25, 0.3) is 11.3 Å². The number of amides is 1. The Kier molecular flexibility index (Phi) is 5.08. The number of H-pyrrole nitrogens is 1. The first-order valence-electron chi connectivity index (χ1n) is 7.85. The molecule has 0 spiro atoms. The molecule has 0 aliphatic rings. The van der Waals surface area contributed by atoms with Crippen LogP contribution in [0.2, 0.25) is 0 Å². The predicted octanol–water partition coefficient (Wildman–Crippen LogP) is 4.02. The van der Waals surface area contributed by atoms with Gasteiger partial charge in [-0.2, -0.15) is 5.10 Å². The van der Waals surface area contributed by atoms with Gasteiger partial charge in [0.15, 0.2) is 0 Å². The highest BCUT2D eigenvalue weighted by Crippen LogP contribution is 2.31. The summed E-state index contributed by atoms with van der Waals surface area (Å²) in [4.78, 5) is 12.3. The number of anilines is 1. The zero-order valence-electron chi connectivity index (χ0n) is 14.5. The molecule has 0 saturated heterocycles. The number of methoxy groups -OCH3 is 1. The predicted molar refractivity (Wildman–Crippen MR) is 92.7 cm³/mol. The Bertz CT molecular complexity index is 667. The standard InChI is InChI=1S/C18H25N3O2/c1-6-14-17(19-15(22)11-18(2,3)4)16(21-20-14)12-7-9-13(23-5)10-8-12/h7-10H,6,11H2,1-5H3,(H,19,22)(H,20,21). The van der Waals surface area contributed by atoms with Crippen LogP contribution in [0.4, 0.5) is 5.69 Å². The van der Waals surface area contributed by atoms with Crippen molar-refractivity contribution in [3.8, 4) is 17.0 Å². The van der Waals surface area contributed by atoms with E-state index < -0.39 is 0 Å². The SMILES string of the molecule is CCc1[nH]nc(-c2ccc(OC)cc2)c1NC(=O)CC(C)(C)C. The van der Waals surface area contributed by atoms with Gasteiger partial charge in [-0.25, -0.2) is 0 Å². The summed E-state index contributed by atoms with van der Waals surface area (Å²) in [5, 5.41) is 10.4. The Labute approximate surface area is 137 Å². The lowest BCUT2D eigenvalue weighted by Gasteiger charge is -2.17. The summed E-state index contributed by atoms with van der Waals surface area (Å²) in [6.07, 6.45) is 1.23. The van der Waals surface area contributed by atoms with Gasteiger partial charge >= 0.3 is 0 Å². The van der Waals surface area contributed by atoms with Crippen LogP contribution in [0.3, 0.4) is 0 Å². The van der Waals surface area contributed by atoms with Crippen molar-refractivity contribution in [3.05, 3.63) is 30.0 Å². The molecule has 0 aliphatic heterocycles. The van der Waals surface area contributed by atoms with Crippen LogP contribution < -0.4 is 10.1 Å². The molecule has 1 aromatic carbocycles. The Balaban J connectivity index is 2.30. The van der Waals surface area contributed by atoms with E-state index in [1.165, 1.54) is 0 Å². The Morgan fingerprint density at radius 3 is 2.43 bits per heavy atom. The molecule has 1 amide bonds. The third-order valence-corrected chi connectivity index (χ3v) is 3.51. The third kappa shape index (κ3) is 4.34. The molecule has 1 aromatic heterocycles. The van der Waals surface area contributed by atoms with E-state index in [-0.39, 0.29) is 11.3 Å². The lowest BCUT2D eigenvalue weighted by molar-refractivity contribution is -0.117. The molecule has 2 rings (SSSR count). The van der Waals surface area contributed by atoms with Crippen LogP contribution in [0.5, 0.6) is 5.75 Å². The molecule has 23 heavy (non-hydrogen) atoms. The Morgan fingerprint density at radius 2 is 1.91 bits per heavy atom. The van der Waals surface area contributed by atoms with E-state index >= 15 is 0 Å². The number of rotatable bonds is 5. The zero-order valence-corrected chi connectivity index (χ0v) is 14.5. The number of aromatic amines is 1. The van der Waals surface area contributed by atoms with E-state index in [0.29, 0.717) is 6.42 Å². The minimum atomic E-state index is -0.0551. The molecular weight excluding hydrogens is 290 g/mol. The molecule has 124 valence electrons. The zero-order chi connectivity index (χ0) is 17.0. The van der Waals surface area contributed by atoms with Crippen LogP contribution in [0.15, 0.2) is 24.3 Å². The second kappa shape index (κ2) is 6.86. The number of aromatic nitrogens is 2. The number of nitrogens with zero attached hydrogens (tertiary/aromatic N) is 1. The molecule has 5 heteroatoms. The molecule has 1 heterocycles. The molecule has 0 unspecified atom stereocenters. The molecule has 2 aromatic rings. The number of carbonyl (C=O) groups is 1. The first-order chi connectivity index (χ1) is 10.8. The van der Waals surface area contributed by atoms with Gasteiger partial charge in [0, 0.05) is 12.0 Å². The van der Waals surface area contributed by atoms with Crippen molar-refractivity contribution in [1.82, 2.24) is 10.2 Å². The summed E-state index contributed by atoms with van der Waals surface area (Å²) in [5.74, 6) is 0.793. The van der Waals surface area contributed by atoms with Crippen LogP contribution in [0, 0.1) is 5.41 Å². The summed E-state index contributed by atoms with van der Waals surface area (Å²) in [6, 6.07) is 7.65. The van der Waals surface area contributed by atoms with Crippen molar-refractivity contribution in [2.24, 2.45) is 5.41 Å². The van der Waals surface area contributed by atoms with Crippen molar-refractivity contribution in [3.63, 3.8) is 0 Å². The van der Waals surface area contributed by atoms with Gasteiger partial charge in [0.25, 0.3) is 0 Å². The minimum absolute atomic E-state index is 0.00311. The Morgan fingerprint density at radius 1 is 1.26 bits per heavy atom. The van der Waals surface area contributed by atoms with Crippen molar-refractivity contribution in [1.29, 1.82) is 0 Å². The summed E-state index contributed by atoms with van der Waals surface area (Å²) in [5.41, 5.74) is 3.34. The topological polar surface area (TPSA) is 67.0 Å². The maximum atomic E-state index is 12.3. The van der Waals surface area contributed by atoms with Gasteiger partial charge in [-0.15, -0.1) is 0 Å². The number of hydrogen-bond acceptors (Lipinski definition) is 3. The molecule has 0 fully saturated rings. The molecule has 0 atom stereocenters. The molecule has 5 nitrogen and oxygen atoms in total. The summed E-state index contributed by atoms with van der Waals surface area (Å²) >= 11 is 0. The van der Waals surface area contributed by atoms with Crippen LogP contribution in [0.1, 0.15) is 39.8 Å². The fourth-order valence-electron chi connectivity index (χ4n) is 2.39. The highest BCUT2D eigenvalue weighted by atomic mass is 16.5. The first-order valence-corrected chi connectivity index (χ1v) is 7.85. The number of ether oxygens (including phenoxy) is 1. The normalized spacial score (nSPS) is 11.3. The average molecular weight is 315 g/mol. The van der Waals surface area contributed by atoms with Crippen LogP contribution >= 0.6 is 0 Å². The van der Waals surface area contributed by atoms with Gasteiger partial charge in [0.1, 0.15) is 11.4 Å². The highest BCUT2D eigenvalue weighted by molar-refractivity contribution is 5.95. The monoisotopic (exact) mass is 315 g/mol. The number of aryl methyl sites for hydroxylation is 1. The lowest BCUT2D eigenvalue weighted by Crippen LogP contribution is -2.20. The summed E-state index contributed by atoms with van der Waals surface area (Å²) in [6.45, 7) is 8.18. The Hall–Kier alpha value is -2.30. The average Bonchev–Trinajstić information content (AvgIpc) is 2.88.